The van der Waals surface area contributed by atoms with E-state index in [-0.39, 0.29) is 17.6 Å². The van der Waals surface area contributed by atoms with Crippen molar-refractivity contribution in [3.8, 4) is 0 Å². The van der Waals surface area contributed by atoms with Gasteiger partial charge in [-0.2, -0.15) is 0 Å². The summed E-state index contributed by atoms with van der Waals surface area (Å²) in [5, 5.41) is 17.1. The van der Waals surface area contributed by atoms with E-state index in [4.69, 9.17) is 9.53 Å². The largest absolute Gasteiger partial charge is 0.465 e. The van der Waals surface area contributed by atoms with Gasteiger partial charge in [-0.15, -0.1) is 0 Å². The lowest BCUT2D eigenvalue weighted by Crippen LogP contribution is -2.68. The van der Waals surface area contributed by atoms with Gasteiger partial charge in [0, 0.05) is 44.1 Å². The highest BCUT2D eigenvalue weighted by atomic mass is 28.4. The zero-order chi connectivity index (χ0) is 25.6. The molecule has 1 aliphatic heterocycles. The van der Waals surface area contributed by atoms with E-state index in [1.165, 1.54) is 10.4 Å². The van der Waals surface area contributed by atoms with Crippen LogP contribution in [0.25, 0.3) is 0 Å². The van der Waals surface area contributed by atoms with Crippen molar-refractivity contribution in [2.24, 2.45) is 0 Å². The summed E-state index contributed by atoms with van der Waals surface area (Å²) in [6.07, 6.45) is 2.29. The second-order valence-electron chi connectivity index (χ2n) is 10.1. The number of piperazine rings is 1. The highest BCUT2D eigenvalue weighted by Crippen LogP contribution is 2.37. The molecule has 9 heteroatoms. The fraction of sp³-hybridized carbons (Fsp3) is 0.370. The Balaban J connectivity index is 1.62. The molecule has 4 rings (SSSR count). The Labute approximate surface area is 213 Å². The molecule has 1 aliphatic rings. The van der Waals surface area contributed by atoms with Crippen LogP contribution in [0.1, 0.15) is 26.3 Å². The maximum atomic E-state index is 10.8. The van der Waals surface area contributed by atoms with Crippen molar-refractivity contribution in [2.75, 3.05) is 31.1 Å². The molecule has 3 N–H and O–H groups in total. The van der Waals surface area contributed by atoms with E-state index in [0.29, 0.717) is 12.6 Å². The Hall–Kier alpha value is -3.27. The molecule has 3 aromatic rings. The highest BCUT2D eigenvalue weighted by Gasteiger charge is 2.50. The molecular formula is C27H35N5O3Si. The van der Waals surface area contributed by atoms with Gasteiger partial charge in [0.1, 0.15) is 0 Å². The summed E-state index contributed by atoms with van der Waals surface area (Å²) in [7, 11) is -2.65. The summed E-state index contributed by atoms with van der Waals surface area (Å²) >= 11 is 0. The first-order valence-electron chi connectivity index (χ1n) is 12.3. The fourth-order valence-electron chi connectivity index (χ4n) is 4.92. The maximum absolute atomic E-state index is 10.8. The average Bonchev–Trinajstić information content (AvgIpc) is 2.89. The number of rotatable bonds is 8. The number of nitrogens with one attached hydrogen (secondary N) is 2. The number of amides is 1. The molecule has 1 unspecified atom stereocenters. The second-order valence-corrected chi connectivity index (χ2v) is 14.4. The van der Waals surface area contributed by atoms with Crippen LogP contribution in [0.3, 0.4) is 0 Å². The number of hydrogen-bond acceptors (Lipinski definition) is 6. The normalized spacial score (nSPS) is 16.5. The molecule has 2 heterocycles. The minimum Gasteiger partial charge on any atom is -0.465 e. The maximum Gasteiger partial charge on any atom is 0.404 e. The minimum atomic E-state index is -2.65. The van der Waals surface area contributed by atoms with Crippen molar-refractivity contribution in [3.05, 3.63) is 78.6 Å². The zero-order valence-electron chi connectivity index (χ0n) is 21.1. The molecular weight excluding hydrogens is 470 g/mol. The number of carbonyl (C=O) groups is 1. The summed E-state index contributed by atoms with van der Waals surface area (Å²) in [6, 6.07) is 21.4. The lowest BCUT2D eigenvalue weighted by atomic mass is 10.2. The van der Waals surface area contributed by atoms with Gasteiger partial charge in [-0.05, 0) is 15.4 Å². The van der Waals surface area contributed by atoms with Crippen molar-refractivity contribution in [2.45, 2.75) is 38.4 Å². The standard InChI is InChI=1S/C27H35N5O3Si/c1-27(2,3)36(23-10-6-4-7-11-23,24-12-8-5-9-13-24)35-20-22-19-28-14-15-32(22)25-29-16-21(17-30-25)18-31-26(33)34/h4-13,16-17,22,28,31H,14-15,18-20H2,1-3H3,(H,33,34). The van der Waals surface area contributed by atoms with Crippen LogP contribution in [0, 0.1) is 0 Å². The molecule has 2 aromatic carbocycles. The Morgan fingerprint density at radius 1 is 1.08 bits per heavy atom. The lowest BCUT2D eigenvalue weighted by Gasteiger charge is -2.45. The Kier molecular flexibility index (Phi) is 8.03. The van der Waals surface area contributed by atoms with E-state index in [0.717, 1.165) is 25.2 Å². The predicted molar refractivity (Wildman–Crippen MR) is 144 cm³/mol. The van der Waals surface area contributed by atoms with Crippen molar-refractivity contribution >= 4 is 30.7 Å². The van der Waals surface area contributed by atoms with Gasteiger partial charge in [0.05, 0.1) is 12.6 Å². The van der Waals surface area contributed by atoms with Gasteiger partial charge in [0.2, 0.25) is 5.95 Å². The lowest BCUT2D eigenvalue weighted by molar-refractivity contribution is 0.194. The van der Waals surface area contributed by atoms with E-state index < -0.39 is 14.4 Å². The molecule has 0 radical (unpaired) electrons. The van der Waals surface area contributed by atoms with Crippen LogP contribution < -0.4 is 25.9 Å². The van der Waals surface area contributed by atoms with Gasteiger partial charge >= 0.3 is 6.09 Å². The summed E-state index contributed by atoms with van der Waals surface area (Å²) in [4.78, 5) is 22.1. The number of carboxylic acid groups (broad SMARTS) is 1. The molecule has 0 aliphatic carbocycles. The average molecular weight is 506 g/mol. The van der Waals surface area contributed by atoms with Gasteiger partial charge in [-0.25, -0.2) is 14.8 Å². The molecule has 0 bridgehead atoms. The number of nitrogens with zero attached hydrogens (tertiary/aromatic N) is 3. The number of benzene rings is 2. The Morgan fingerprint density at radius 3 is 2.19 bits per heavy atom. The van der Waals surface area contributed by atoms with Crippen molar-refractivity contribution in [3.63, 3.8) is 0 Å². The van der Waals surface area contributed by atoms with E-state index in [2.05, 4.69) is 107 Å². The summed E-state index contributed by atoms with van der Waals surface area (Å²) in [6.45, 7) is 9.92. The van der Waals surface area contributed by atoms with Gasteiger partial charge in [0.15, 0.2) is 0 Å². The molecule has 1 aromatic heterocycles. The molecule has 8 nitrogen and oxygen atoms in total. The molecule has 1 atom stereocenters. The quantitative estimate of drug-likeness (QED) is 0.405. The number of anilines is 1. The molecule has 190 valence electrons. The topological polar surface area (TPSA) is 99.6 Å². The van der Waals surface area contributed by atoms with Gasteiger partial charge in [-0.3, -0.25) is 0 Å². The SMILES string of the molecule is CC(C)(C)[Si](OCC1CNCCN1c1ncc(CNC(=O)O)cn1)(c1ccccc1)c1ccccc1. The monoisotopic (exact) mass is 505 g/mol. The van der Waals surface area contributed by atoms with Gasteiger partial charge in [-0.1, -0.05) is 81.4 Å². The third kappa shape index (κ3) is 5.58. The molecule has 1 saturated heterocycles. The zero-order valence-corrected chi connectivity index (χ0v) is 22.1. The van der Waals surface area contributed by atoms with E-state index in [1.54, 1.807) is 12.4 Å². The second kappa shape index (κ2) is 11.2. The van der Waals surface area contributed by atoms with E-state index in [9.17, 15) is 4.79 Å². The van der Waals surface area contributed by atoms with Crippen LogP contribution in [0.15, 0.2) is 73.1 Å². The van der Waals surface area contributed by atoms with Gasteiger partial charge in [0.25, 0.3) is 8.32 Å². The molecule has 1 amide bonds. The third-order valence-corrected chi connectivity index (χ3v) is 11.7. The van der Waals surface area contributed by atoms with Crippen molar-refractivity contribution in [1.82, 2.24) is 20.6 Å². The smallest absolute Gasteiger partial charge is 0.404 e. The first-order chi connectivity index (χ1) is 17.3. The number of aromatic nitrogens is 2. The summed E-state index contributed by atoms with van der Waals surface area (Å²) < 4.78 is 7.17. The fourth-order valence-corrected chi connectivity index (χ4v) is 9.52. The molecule has 0 saturated carbocycles. The number of hydrogen-bond donors (Lipinski definition) is 3. The summed E-state index contributed by atoms with van der Waals surface area (Å²) in [5.74, 6) is 0.631. The van der Waals surface area contributed by atoms with Gasteiger partial charge < -0.3 is 25.1 Å². The molecule has 36 heavy (non-hydrogen) atoms. The van der Waals surface area contributed by atoms with E-state index >= 15 is 0 Å². The van der Waals surface area contributed by atoms with Crippen LogP contribution in [0.2, 0.25) is 5.04 Å². The first kappa shape index (κ1) is 25.8. The van der Waals surface area contributed by atoms with Crippen LogP contribution in [0.5, 0.6) is 0 Å². The van der Waals surface area contributed by atoms with Crippen molar-refractivity contribution < 1.29 is 14.3 Å². The first-order valence-corrected chi connectivity index (χ1v) is 14.2. The third-order valence-electron chi connectivity index (χ3n) is 6.65. The van der Waals surface area contributed by atoms with Crippen LogP contribution >= 0.6 is 0 Å². The predicted octanol–water partition coefficient (Wildman–Crippen LogP) is 2.60. The Morgan fingerprint density at radius 2 is 1.67 bits per heavy atom. The van der Waals surface area contributed by atoms with Crippen LogP contribution in [0.4, 0.5) is 10.7 Å². The summed E-state index contributed by atoms with van der Waals surface area (Å²) in [5.41, 5.74) is 0.719. The molecule has 1 fully saturated rings. The van der Waals surface area contributed by atoms with Crippen LogP contribution in [-0.2, 0) is 11.0 Å². The minimum absolute atomic E-state index is 0.0587. The van der Waals surface area contributed by atoms with Crippen LogP contribution in [-0.4, -0.2) is 61.8 Å². The Bertz CT molecular complexity index is 1080. The van der Waals surface area contributed by atoms with E-state index in [1.807, 2.05) is 0 Å². The highest BCUT2D eigenvalue weighted by molar-refractivity contribution is 6.99. The van der Waals surface area contributed by atoms with Crippen molar-refractivity contribution in [1.29, 1.82) is 0 Å². The molecule has 0 spiro atoms.